The summed E-state index contributed by atoms with van der Waals surface area (Å²) in [5.41, 5.74) is -0.133. The van der Waals surface area contributed by atoms with Crippen LogP contribution in [0.15, 0.2) is 18.3 Å². The van der Waals surface area contributed by atoms with Crippen LogP contribution < -0.4 is 0 Å². The molecule has 2 heterocycles. The van der Waals surface area contributed by atoms with E-state index in [-0.39, 0.29) is 23.0 Å². The zero-order valence-corrected chi connectivity index (χ0v) is 10.9. The Morgan fingerprint density at radius 3 is 2.95 bits per heavy atom. The van der Waals surface area contributed by atoms with Gasteiger partial charge in [-0.15, -0.1) is 0 Å². The fourth-order valence-corrected chi connectivity index (χ4v) is 3.38. The molecule has 1 unspecified atom stereocenters. The molecule has 2 fully saturated rings. The van der Waals surface area contributed by atoms with E-state index in [4.69, 9.17) is 4.74 Å². The van der Waals surface area contributed by atoms with E-state index in [9.17, 15) is 9.18 Å². The SMILES string of the molecule is O=C(c1ncccc1F)C1CCOC2(CCCC2)C1. The molecular weight excluding hydrogens is 245 g/mol. The van der Waals surface area contributed by atoms with Crippen LogP contribution in [0, 0.1) is 11.7 Å². The lowest BCUT2D eigenvalue weighted by atomic mass is 9.81. The maximum absolute atomic E-state index is 13.6. The van der Waals surface area contributed by atoms with Crippen molar-refractivity contribution in [3.05, 3.63) is 29.8 Å². The second-order valence-corrected chi connectivity index (χ2v) is 5.63. The number of hydrogen-bond donors (Lipinski definition) is 0. The summed E-state index contributed by atoms with van der Waals surface area (Å²) in [7, 11) is 0. The molecule has 0 aromatic carbocycles. The fourth-order valence-electron chi connectivity index (χ4n) is 3.38. The first-order chi connectivity index (χ1) is 9.20. The molecule has 1 saturated heterocycles. The van der Waals surface area contributed by atoms with Crippen molar-refractivity contribution in [2.24, 2.45) is 5.92 Å². The largest absolute Gasteiger partial charge is 0.375 e. The van der Waals surface area contributed by atoms with Gasteiger partial charge in [0.2, 0.25) is 0 Å². The van der Waals surface area contributed by atoms with E-state index in [0.29, 0.717) is 13.0 Å². The summed E-state index contributed by atoms with van der Waals surface area (Å²) >= 11 is 0. The Hall–Kier alpha value is -1.29. The van der Waals surface area contributed by atoms with Crippen molar-refractivity contribution >= 4 is 5.78 Å². The molecule has 1 aliphatic heterocycles. The first-order valence-electron chi connectivity index (χ1n) is 6.99. The molecule has 4 heteroatoms. The van der Waals surface area contributed by atoms with Gasteiger partial charge in [0.1, 0.15) is 5.69 Å². The predicted octanol–water partition coefficient (Wildman–Crippen LogP) is 3.14. The third-order valence-corrected chi connectivity index (χ3v) is 4.37. The molecule has 1 atom stereocenters. The highest BCUT2D eigenvalue weighted by molar-refractivity contribution is 5.96. The summed E-state index contributed by atoms with van der Waals surface area (Å²) in [6, 6.07) is 2.81. The lowest BCUT2D eigenvalue weighted by Gasteiger charge is -2.37. The number of Topliss-reactive ketones (excluding diaryl/α,β-unsaturated/α-hetero) is 1. The van der Waals surface area contributed by atoms with Crippen molar-refractivity contribution in [2.75, 3.05) is 6.61 Å². The molecule has 0 radical (unpaired) electrons. The lowest BCUT2D eigenvalue weighted by molar-refractivity contribution is -0.0867. The molecule has 0 N–H and O–H groups in total. The van der Waals surface area contributed by atoms with Crippen LogP contribution in [0.1, 0.15) is 49.0 Å². The van der Waals surface area contributed by atoms with Gasteiger partial charge < -0.3 is 4.74 Å². The third kappa shape index (κ3) is 2.41. The van der Waals surface area contributed by atoms with Crippen molar-refractivity contribution in [1.82, 2.24) is 4.98 Å². The van der Waals surface area contributed by atoms with Gasteiger partial charge in [-0.05, 0) is 37.8 Å². The number of aromatic nitrogens is 1. The number of rotatable bonds is 2. The monoisotopic (exact) mass is 263 g/mol. The maximum Gasteiger partial charge on any atom is 0.187 e. The van der Waals surface area contributed by atoms with Crippen LogP contribution in [0.2, 0.25) is 0 Å². The van der Waals surface area contributed by atoms with Crippen LogP contribution in [-0.2, 0) is 4.74 Å². The third-order valence-electron chi connectivity index (χ3n) is 4.37. The zero-order valence-electron chi connectivity index (χ0n) is 10.9. The average Bonchev–Trinajstić information content (AvgIpc) is 2.86. The second kappa shape index (κ2) is 5.00. The normalized spacial score (nSPS) is 25.6. The molecule has 19 heavy (non-hydrogen) atoms. The number of carbonyl (C=O) groups is 1. The minimum Gasteiger partial charge on any atom is -0.375 e. The highest BCUT2D eigenvalue weighted by Gasteiger charge is 2.42. The van der Waals surface area contributed by atoms with Crippen molar-refractivity contribution < 1.29 is 13.9 Å². The Kier molecular flexibility index (Phi) is 3.35. The second-order valence-electron chi connectivity index (χ2n) is 5.63. The topological polar surface area (TPSA) is 39.2 Å². The number of pyridine rings is 1. The molecule has 0 bridgehead atoms. The van der Waals surface area contributed by atoms with Crippen molar-refractivity contribution in [3.8, 4) is 0 Å². The number of carbonyl (C=O) groups excluding carboxylic acids is 1. The minimum atomic E-state index is -0.514. The Labute approximate surface area is 112 Å². The van der Waals surface area contributed by atoms with Gasteiger partial charge in [-0.3, -0.25) is 9.78 Å². The van der Waals surface area contributed by atoms with Gasteiger partial charge in [0, 0.05) is 18.7 Å². The Morgan fingerprint density at radius 1 is 1.42 bits per heavy atom. The molecule has 102 valence electrons. The first-order valence-corrected chi connectivity index (χ1v) is 6.99. The number of nitrogens with zero attached hydrogens (tertiary/aromatic N) is 1. The highest BCUT2D eigenvalue weighted by atomic mass is 19.1. The van der Waals surface area contributed by atoms with Gasteiger partial charge in [-0.25, -0.2) is 4.39 Å². The van der Waals surface area contributed by atoms with Crippen LogP contribution in [0.4, 0.5) is 4.39 Å². The molecule has 1 spiro atoms. The Morgan fingerprint density at radius 2 is 2.21 bits per heavy atom. The van der Waals surface area contributed by atoms with Gasteiger partial charge in [0.05, 0.1) is 5.60 Å². The van der Waals surface area contributed by atoms with E-state index in [0.717, 1.165) is 19.3 Å². The van der Waals surface area contributed by atoms with E-state index < -0.39 is 5.82 Å². The Balaban J connectivity index is 1.78. The molecule has 3 rings (SSSR count). The molecule has 1 aliphatic carbocycles. The van der Waals surface area contributed by atoms with E-state index in [2.05, 4.69) is 4.98 Å². The standard InChI is InChI=1S/C15H18FNO2/c16-12-4-3-8-17-13(12)14(18)11-5-9-19-15(10-11)6-1-2-7-15/h3-4,8,11H,1-2,5-7,9-10H2. The number of halogens is 1. The molecule has 2 aliphatic rings. The van der Waals surface area contributed by atoms with Crippen LogP contribution in [0.5, 0.6) is 0 Å². The van der Waals surface area contributed by atoms with Gasteiger partial charge >= 0.3 is 0 Å². The van der Waals surface area contributed by atoms with Gasteiger partial charge in [-0.1, -0.05) is 12.8 Å². The van der Waals surface area contributed by atoms with Gasteiger partial charge in [0.25, 0.3) is 0 Å². The van der Waals surface area contributed by atoms with Crippen LogP contribution in [0.3, 0.4) is 0 Å². The molecule has 3 nitrogen and oxygen atoms in total. The van der Waals surface area contributed by atoms with E-state index >= 15 is 0 Å². The van der Waals surface area contributed by atoms with E-state index in [1.54, 1.807) is 0 Å². The van der Waals surface area contributed by atoms with Crippen molar-refractivity contribution in [3.63, 3.8) is 0 Å². The zero-order chi connectivity index (χ0) is 13.3. The molecule has 1 saturated carbocycles. The summed E-state index contributed by atoms with van der Waals surface area (Å²) in [6.45, 7) is 0.602. The summed E-state index contributed by atoms with van der Waals surface area (Å²) in [6.07, 6.45) is 7.26. The smallest absolute Gasteiger partial charge is 0.187 e. The maximum atomic E-state index is 13.6. The highest BCUT2D eigenvalue weighted by Crippen LogP contribution is 2.42. The summed E-state index contributed by atoms with van der Waals surface area (Å²) in [4.78, 5) is 16.3. The van der Waals surface area contributed by atoms with Crippen LogP contribution >= 0.6 is 0 Å². The Bertz CT molecular complexity index is 483. The van der Waals surface area contributed by atoms with E-state index in [1.165, 1.54) is 31.2 Å². The fraction of sp³-hybridized carbons (Fsp3) is 0.600. The van der Waals surface area contributed by atoms with Gasteiger partial charge in [0.15, 0.2) is 11.6 Å². The number of hydrogen-bond acceptors (Lipinski definition) is 3. The van der Waals surface area contributed by atoms with Gasteiger partial charge in [-0.2, -0.15) is 0 Å². The number of ether oxygens (including phenoxy) is 1. The number of ketones is 1. The quantitative estimate of drug-likeness (QED) is 0.769. The summed E-state index contributed by atoms with van der Waals surface area (Å²) < 4.78 is 19.6. The predicted molar refractivity (Wildman–Crippen MR) is 68.4 cm³/mol. The lowest BCUT2D eigenvalue weighted by Crippen LogP contribution is -2.40. The first kappa shape index (κ1) is 12.7. The average molecular weight is 263 g/mol. The van der Waals surface area contributed by atoms with Crippen LogP contribution in [0.25, 0.3) is 0 Å². The molecule has 1 aromatic rings. The molecule has 0 amide bonds. The van der Waals surface area contributed by atoms with Crippen molar-refractivity contribution in [2.45, 2.75) is 44.1 Å². The molecule has 1 aromatic heterocycles. The van der Waals surface area contributed by atoms with Crippen molar-refractivity contribution in [1.29, 1.82) is 0 Å². The van der Waals surface area contributed by atoms with Crippen LogP contribution in [-0.4, -0.2) is 23.0 Å². The van der Waals surface area contributed by atoms with E-state index in [1.807, 2.05) is 0 Å². The minimum absolute atomic E-state index is 0.0115. The molecular formula is C15H18FNO2. The summed E-state index contributed by atoms with van der Waals surface area (Å²) in [5.74, 6) is -0.816. The summed E-state index contributed by atoms with van der Waals surface area (Å²) in [5, 5.41) is 0.